The van der Waals surface area contributed by atoms with Crippen LogP contribution in [0.2, 0.25) is 0 Å². The second kappa shape index (κ2) is 9.69. The van der Waals surface area contributed by atoms with Crippen molar-refractivity contribution < 1.29 is 23.8 Å². The summed E-state index contributed by atoms with van der Waals surface area (Å²) >= 11 is 0. The van der Waals surface area contributed by atoms with E-state index in [4.69, 9.17) is 9.15 Å². The molecule has 1 atom stereocenters. The van der Waals surface area contributed by atoms with Crippen molar-refractivity contribution in [3.05, 3.63) is 126 Å². The number of ether oxygens (including phenoxy) is 1. The van der Waals surface area contributed by atoms with Crippen LogP contribution in [0.25, 0.3) is 5.76 Å². The Kier molecular flexibility index (Phi) is 6.13. The van der Waals surface area contributed by atoms with Crippen molar-refractivity contribution in [2.45, 2.75) is 19.2 Å². The number of Topliss-reactive ketones (excluding diaryl/α,β-unsaturated/α-hetero) is 1. The first-order valence-corrected chi connectivity index (χ1v) is 11.1. The van der Waals surface area contributed by atoms with Crippen molar-refractivity contribution in [3.8, 4) is 5.75 Å². The number of ketones is 1. The summed E-state index contributed by atoms with van der Waals surface area (Å²) in [6.07, 6.45) is 4.54. The molecule has 7 nitrogen and oxygen atoms in total. The van der Waals surface area contributed by atoms with Gasteiger partial charge in [-0.25, -0.2) is 0 Å². The van der Waals surface area contributed by atoms with E-state index < -0.39 is 17.7 Å². The SMILES string of the molecule is O=C1C(=O)N(Cc2ccco2)C(c2ccc(OCc3ccccc3)cc2)/C1=C(\O)c1ccncc1. The second-order valence-electron chi connectivity index (χ2n) is 8.09. The Labute approximate surface area is 201 Å². The molecule has 1 amide bonds. The van der Waals surface area contributed by atoms with Gasteiger partial charge in [0.15, 0.2) is 0 Å². The van der Waals surface area contributed by atoms with Gasteiger partial charge in [0, 0.05) is 18.0 Å². The maximum Gasteiger partial charge on any atom is 0.296 e. The number of carbonyl (C=O) groups excluding carboxylic acids is 2. The summed E-state index contributed by atoms with van der Waals surface area (Å²) in [4.78, 5) is 31.5. The van der Waals surface area contributed by atoms with Crippen molar-refractivity contribution in [3.63, 3.8) is 0 Å². The summed E-state index contributed by atoms with van der Waals surface area (Å²) in [7, 11) is 0. The van der Waals surface area contributed by atoms with Gasteiger partial charge < -0.3 is 19.2 Å². The topological polar surface area (TPSA) is 92.9 Å². The second-order valence-corrected chi connectivity index (χ2v) is 8.09. The molecule has 1 aliphatic heterocycles. The van der Waals surface area contributed by atoms with Crippen LogP contribution in [0.4, 0.5) is 0 Å². The lowest BCUT2D eigenvalue weighted by molar-refractivity contribution is -0.140. The maximum atomic E-state index is 13.1. The first-order valence-electron chi connectivity index (χ1n) is 11.1. The van der Waals surface area contributed by atoms with Crippen molar-refractivity contribution in [2.75, 3.05) is 0 Å². The molecule has 2 aromatic carbocycles. The summed E-state index contributed by atoms with van der Waals surface area (Å²) in [6.45, 7) is 0.501. The number of hydrogen-bond donors (Lipinski definition) is 1. The van der Waals surface area contributed by atoms with Crippen molar-refractivity contribution in [2.24, 2.45) is 0 Å². The van der Waals surface area contributed by atoms with E-state index in [0.717, 1.165) is 5.56 Å². The fourth-order valence-electron chi connectivity index (χ4n) is 4.11. The van der Waals surface area contributed by atoms with Gasteiger partial charge in [0.2, 0.25) is 0 Å². The molecule has 0 aliphatic carbocycles. The van der Waals surface area contributed by atoms with Gasteiger partial charge in [0.05, 0.1) is 24.4 Å². The van der Waals surface area contributed by atoms with Crippen LogP contribution in [0.3, 0.4) is 0 Å². The minimum absolute atomic E-state index is 0.0192. The highest BCUT2D eigenvalue weighted by Gasteiger charge is 2.46. The van der Waals surface area contributed by atoms with Gasteiger partial charge in [-0.2, -0.15) is 0 Å². The third kappa shape index (κ3) is 4.56. The number of nitrogens with zero attached hydrogens (tertiary/aromatic N) is 2. The van der Waals surface area contributed by atoms with Crippen molar-refractivity contribution in [1.29, 1.82) is 0 Å². The lowest BCUT2D eigenvalue weighted by Crippen LogP contribution is -2.29. The quantitative estimate of drug-likeness (QED) is 0.237. The highest BCUT2D eigenvalue weighted by molar-refractivity contribution is 6.46. The predicted octanol–water partition coefficient (Wildman–Crippen LogP) is 4.88. The lowest BCUT2D eigenvalue weighted by Gasteiger charge is -2.24. The molecule has 1 fully saturated rings. The molecular formula is C28H22N2O5. The van der Waals surface area contributed by atoms with Gasteiger partial charge in [0.1, 0.15) is 23.9 Å². The molecule has 3 heterocycles. The molecule has 4 aromatic rings. The van der Waals surface area contributed by atoms with E-state index in [9.17, 15) is 14.7 Å². The Morgan fingerprint density at radius 2 is 1.69 bits per heavy atom. The van der Waals surface area contributed by atoms with Crippen LogP contribution in [0.1, 0.15) is 28.5 Å². The smallest absolute Gasteiger partial charge is 0.296 e. The number of pyridine rings is 1. The molecule has 0 radical (unpaired) electrons. The monoisotopic (exact) mass is 466 g/mol. The Morgan fingerprint density at radius 3 is 2.37 bits per heavy atom. The van der Waals surface area contributed by atoms with Crippen LogP contribution < -0.4 is 4.74 Å². The maximum absolute atomic E-state index is 13.1. The third-order valence-electron chi connectivity index (χ3n) is 5.84. The molecule has 1 aliphatic rings. The van der Waals surface area contributed by atoms with Gasteiger partial charge in [0.25, 0.3) is 11.7 Å². The molecule has 2 aromatic heterocycles. The summed E-state index contributed by atoms with van der Waals surface area (Å²) in [5.74, 6) is -0.521. The molecule has 0 bridgehead atoms. The highest BCUT2D eigenvalue weighted by atomic mass is 16.5. The van der Waals surface area contributed by atoms with E-state index in [-0.39, 0.29) is 17.9 Å². The minimum atomic E-state index is -0.795. The summed E-state index contributed by atoms with van der Waals surface area (Å²) in [6, 6.07) is 22.8. The predicted molar refractivity (Wildman–Crippen MR) is 128 cm³/mol. The molecule has 1 saturated heterocycles. The van der Waals surface area contributed by atoms with Gasteiger partial charge in [-0.05, 0) is 47.5 Å². The van der Waals surface area contributed by atoms with E-state index in [2.05, 4.69) is 4.98 Å². The Balaban J connectivity index is 1.50. The Morgan fingerprint density at radius 1 is 0.943 bits per heavy atom. The molecular weight excluding hydrogens is 444 g/mol. The number of aliphatic hydroxyl groups is 1. The standard InChI is InChI=1S/C28H22N2O5/c31-26(21-12-14-29-15-13-21)24-25(30(28(33)27(24)32)17-23-7-4-16-34-23)20-8-10-22(11-9-20)35-18-19-5-2-1-3-6-19/h1-16,25,31H,17-18H2/b26-24+. The molecule has 7 heteroatoms. The van der Waals surface area contributed by atoms with E-state index in [1.807, 2.05) is 30.3 Å². The van der Waals surface area contributed by atoms with Gasteiger partial charge in [-0.3, -0.25) is 14.6 Å². The van der Waals surface area contributed by atoms with E-state index in [1.54, 1.807) is 48.5 Å². The molecule has 1 N–H and O–H groups in total. The van der Waals surface area contributed by atoms with Crippen LogP contribution in [0.5, 0.6) is 5.75 Å². The van der Waals surface area contributed by atoms with E-state index >= 15 is 0 Å². The average molecular weight is 466 g/mol. The summed E-state index contributed by atoms with van der Waals surface area (Å²) in [5.41, 5.74) is 2.13. The molecule has 35 heavy (non-hydrogen) atoms. The minimum Gasteiger partial charge on any atom is -0.507 e. The Bertz CT molecular complexity index is 1350. The van der Waals surface area contributed by atoms with E-state index in [1.165, 1.54) is 23.6 Å². The van der Waals surface area contributed by atoms with Gasteiger partial charge in [-0.1, -0.05) is 42.5 Å². The number of benzene rings is 2. The summed E-state index contributed by atoms with van der Waals surface area (Å²) in [5, 5.41) is 11.1. The van der Waals surface area contributed by atoms with E-state index in [0.29, 0.717) is 29.2 Å². The lowest BCUT2D eigenvalue weighted by atomic mass is 9.95. The molecule has 174 valence electrons. The van der Waals surface area contributed by atoms with Crippen LogP contribution in [-0.2, 0) is 22.7 Å². The first kappa shape index (κ1) is 22.2. The van der Waals surface area contributed by atoms with Crippen molar-refractivity contribution >= 4 is 17.4 Å². The van der Waals surface area contributed by atoms with Gasteiger partial charge in [-0.15, -0.1) is 0 Å². The summed E-state index contributed by atoms with van der Waals surface area (Å²) < 4.78 is 11.3. The number of likely N-dealkylation sites (tertiary alicyclic amines) is 1. The third-order valence-corrected chi connectivity index (χ3v) is 5.84. The number of carbonyl (C=O) groups is 2. The zero-order valence-electron chi connectivity index (χ0n) is 18.7. The number of aromatic nitrogens is 1. The molecule has 5 rings (SSSR count). The molecule has 1 unspecified atom stereocenters. The normalized spacial score (nSPS) is 17.0. The fraction of sp³-hybridized carbons (Fsp3) is 0.107. The largest absolute Gasteiger partial charge is 0.507 e. The number of aliphatic hydroxyl groups excluding tert-OH is 1. The van der Waals surface area contributed by atoms with Crippen LogP contribution in [-0.4, -0.2) is 26.7 Å². The first-order chi connectivity index (χ1) is 17.1. The number of furan rings is 1. The molecule has 0 spiro atoms. The number of rotatable bonds is 7. The average Bonchev–Trinajstić information content (AvgIpc) is 3.51. The zero-order chi connectivity index (χ0) is 24.2. The van der Waals surface area contributed by atoms with Crippen LogP contribution in [0, 0.1) is 0 Å². The highest BCUT2D eigenvalue weighted by Crippen LogP contribution is 2.40. The fourth-order valence-corrected chi connectivity index (χ4v) is 4.11. The zero-order valence-corrected chi connectivity index (χ0v) is 18.7. The Hall–Kier alpha value is -4.65. The van der Waals surface area contributed by atoms with Crippen LogP contribution >= 0.6 is 0 Å². The number of amides is 1. The number of hydrogen-bond acceptors (Lipinski definition) is 6. The molecule has 0 saturated carbocycles. The van der Waals surface area contributed by atoms with Crippen molar-refractivity contribution in [1.82, 2.24) is 9.88 Å². The van der Waals surface area contributed by atoms with Gasteiger partial charge >= 0.3 is 0 Å². The van der Waals surface area contributed by atoms with Crippen LogP contribution in [0.15, 0.2) is 108 Å².